The van der Waals surface area contributed by atoms with Gasteiger partial charge in [0.15, 0.2) is 16.9 Å². The third kappa shape index (κ3) is 9.96. The van der Waals surface area contributed by atoms with Gasteiger partial charge in [0.1, 0.15) is 58.3 Å². The lowest BCUT2D eigenvalue weighted by atomic mass is 9.77. The van der Waals surface area contributed by atoms with Gasteiger partial charge in [-0.05, 0) is 64.2 Å². The van der Waals surface area contributed by atoms with Gasteiger partial charge in [0.05, 0.1) is 6.16 Å². The van der Waals surface area contributed by atoms with Crippen molar-refractivity contribution in [3.63, 3.8) is 0 Å². The van der Waals surface area contributed by atoms with Crippen LogP contribution >= 0.6 is 30.4 Å². The summed E-state index contributed by atoms with van der Waals surface area (Å²) in [6, 6.07) is 80.5. The molecule has 0 saturated carbocycles. The average molecular weight is 1070 g/mol. The van der Waals surface area contributed by atoms with Gasteiger partial charge in [0.25, 0.3) is 5.91 Å². The van der Waals surface area contributed by atoms with Crippen LogP contribution in [0.5, 0.6) is 0 Å². The average Bonchev–Trinajstić information content (AvgIpc) is 4.07. The Morgan fingerprint density at radius 2 is 1.09 bits per heavy atom. The predicted octanol–water partition coefficient (Wildman–Crippen LogP) is 10.6. The van der Waals surface area contributed by atoms with Gasteiger partial charge < -0.3 is 25.1 Å². The van der Waals surface area contributed by atoms with E-state index in [1.165, 1.54) is 30.2 Å². The van der Waals surface area contributed by atoms with Crippen LogP contribution < -0.4 is 26.5 Å². The maximum atomic E-state index is 15.9. The third-order valence-corrected chi connectivity index (χ3v) is 21.4. The molecule has 2 saturated heterocycles. The predicted molar refractivity (Wildman–Crippen MR) is 312 cm³/mol. The maximum Gasteiger partial charge on any atom is 0.319 e. The largest absolute Gasteiger partial charge is 0.452 e. The monoisotopic (exact) mass is 1070 g/mol. The molecular weight excluding hydrogens is 1010 g/mol. The second-order valence-electron chi connectivity index (χ2n) is 19.1. The minimum Gasteiger partial charge on any atom is -0.452 e. The number of nitrogens with zero attached hydrogens (tertiary/aromatic N) is 3. The molecule has 2 aliphatic rings. The van der Waals surface area contributed by atoms with Crippen molar-refractivity contribution in [1.29, 1.82) is 0 Å². The van der Waals surface area contributed by atoms with Crippen LogP contribution in [0.15, 0.2) is 253 Å². The van der Waals surface area contributed by atoms with E-state index < -0.39 is 47.6 Å². The molecule has 0 radical (unpaired) electrons. The molecule has 2 unspecified atom stereocenters. The zero-order valence-corrected chi connectivity index (χ0v) is 44.7. The number of aromatic nitrogens is 1. The Labute approximate surface area is 457 Å². The Morgan fingerprint density at radius 3 is 1.53 bits per heavy atom. The molecule has 77 heavy (non-hydrogen) atoms. The molecule has 9 aromatic rings. The number of nitrogens with one attached hydrogen (secondary N) is 2. The Hall–Kier alpha value is -8.15. The molecule has 2 N–H and O–H groups in total. The summed E-state index contributed by atoms with van der Waals surface area (Å²) >= 11 is 2.82. The van der Waals surface area contributed by atoms with Gasteiger partial charge in [-0.1, -0.05) is 211 Å². The van der Waals surface area contributed by atoms with Crippen molar-refractivity contribution in [3.8, 4) is 0 Å². The van der Waals surface area contributed by atoms with E-state index in [0.717, 1.165) is 43.7 Å². The van der Waals surface area contributed by atoms with Crippen LogP contribution in [0.4, 0.5) is 5.13 Å². The van der Waals surface area contributed by atoms with Gasteiger partial charge in [0, 0.05) is 17.7 Å². The van der Waals surface area contributed by atoms with Gasteiger partial charge in [-0.2, -0.15) is 0 Å². The first-order chi connectivity index (χ1) is 37.8. The normalized spacial score (nSPS) is 17.4. The van der Waals surface area contributed by atoms with E-state index in [1.807, 2.05) is 133 Å². The zero-order valence-electron chi connectivity index (χ0n) is 42.2. The molecule has 0 spiro atoms. The number of thiazole rings is 1. The summed E-state index contributed by atoms with van der Waals surface area (Å²) in [7, 11) is -1.32. The number of rotatable bonds is 18. The zero-order chi connectivity index (χ0) is 52.7. The highest BCUT2D eigenvalue weighted by Gasteiger charge is 2.63. The van der Waals surface area contributed by atoms with E-state index in [1.54, 1.807) is 10.3 Å². The molecule has 2 aliphatic heterocycles. The number of ether oxygens (including phenoxy) is 1. The van der Waals surface area contributed by atoms with E-state index in [9.17, 15) is 9.59 Å². The quantitative estimate of drug-likeness (QED) is 0.0218. The molecule has 0 bridgehead atoms. The second-order valence-corrected chi connectivity index (χ2v) is 24.6. The molecule has 382 valence electrons. The fourth-order valence-corrected chi connectivity index (χ4v) is 18.0. The van der Waals surface area contributed by atoms with Gasteiger partial charge in [-0.25, -0.2) is 4.98 Å². The highest BCUT2D eigenvalue weighted by Crippen LogP contribution is 2.61. The summed E-state index contributed by atoms with van der Waals surface area (Å²) in [4.78, 5) is 57.3. The van der Waals surface area contributed by atoms with E-state index in [-0.39, 0.29) is 23.9 Å². The molecule has 0 aliphatic carbocycles. The molecule has 11 rings (SSSR count). The molecule has 2 amide bonds. The first kappa shape index (κ1) is 51.0. The lowest BCUT2D eigenvalue weighted by molar-refractivity contribution is -0.164. The summed E-state index contributed by atoms with van der Waals surface area (Å²) < 4.78 is 6.89. The van der Waals surface area contributed by atoms with Crippen LogP contribution in [-0.2, 0) is 29.5 Å². The molecule has 2 fully saturated rings. The highest BCUT2D eigenvalue weighted by molar-refractivity contribution is 8.00. The van der Waals surface area contributed by atoms with Crippen LogP contribution in [0, 0.1) is 5.41 Å². The lowest BCUT2D eigenvalue weighted by Crippen LogP contribution is -2.74. The van der Waals surface area contributed by atoms with Crippen molar-refractivity contribution < 1.29 is 24.0 Å². The van der Waals surface area contributed by atoms with E-state index >= 15 is 4.79 Å². The van der Waals surface area contributed by atoms with Crippen LogP contribution in [0.3, 0.4) is 0 Å². The van der Waals surface area contributed by atoms with Crippen molar-refractivity contribution in [2.45, 2.75) is 23.1 Å². The number of carbonyl (C=O) groups is 3. The summed E-state index contributed by atoms with van der Waals surface area (Å²) in [6.45, 7) is 0.0748. The Kier molecular flexibility index (Phi) is 15.0. The number of carbonyl (C=O) groups excluding carboxylic acids is 3. The molecule has 3 atom stereocenters. The summed E-state index contributed by atoms with van der Waals surface area (Å²) in [5.41, 5.74) is 2.76. The number of β-lactam (4-membered cyclic amide) rings is 1. The van der Waals surface area contributed by atoms with Crippen LogP contribution in [-0.4, -0.2) is 70.4 Å². The molecule has 1 aromatic heterocycles. The first-order valence-corrected chi connectivity index (χ1v) is 29.3. The number of thioether (sulfide) groups is 1. The first-order valence-electron chi connectivity index (χ1n) is 25.4. The molecule has 10 nitrogen and oxygen atoms in total. The van der Waals surface area contributed by atoms with E-state index in [4.69, 9.17) is 14.6 Å². The Bertz CT molecular complexity index is 3240. The third-order valence-electron chi connectivity index (χ3n) is 14.5. The number of hydrogen-bond donors (Lipinski definition) is 2. The van der Waals surface area contributed by atoms with Crippen molar-refractivity contribution in [2.24, 2.45) is 10.6 Å². The SMILES string of the molecule is CON=C(C(=O)NC1C(=O)N2CC(C[P+](c3ccccc3)(c3ccccc3)c3ccccc3)(C(=O)OC(c3ccccc3)c3ccccc3)CS[C@H]12)c1csc(NC(c2ccccc2)(c2ccccc2)c2ccccc2)n1. The van der Waals surface area contributed by atoms with Crippen molar-refractivity contribution in [2.75, 3.05) is 30.9 Å². The van der Waals surface area contributed by atoms with E-state index in [2.05, 4.69) is 125 Å². The van der Waals surface area contributed by atoms with Gasteiger partial charge in [0.2, 0.25) is 5.91 Å². The minimum absolute atomic E-state index is 0.0748. The Balaban J connectivity index is 0.915. The van der Waals surface area contributed by atoms with Crippen molar-refractivity contribution >= 4 is 74.9 Å². The van der Waals surface area contributed by atoms with Crippen LogP contribution in [0.1, 0.15) is 39.6 Å². The van der Waals surface area contributed by atoms with Gasteiger partial charge in [-0.3, -0.25) is 14.4 Å². The highest BCUT2D eigenvalue weighted by atomic mass is 32.2. The van der Waals surface area contributed by atoms with E-state index in [0.29, 0.717) is 17.0 Å². The fourth-order valence-electron chi connectivity index (χ4n) is 10.8. The van der Waals surface area contributed by atoms with Crippen molar-refractivity contribution in [3.05, 3.63) is 282 Å². The van der Waals surface area contributed by atoms with Gasteiger partial charge >= 0.3 is 5.97 Å². The molecule has 3 heterocycles. The number of hydrogen-bond acceptors (Lipinski definition) is 10. The molecule has 13 heteroatoms. The summed E-state index contributed by atoms with van der Waals surface area (Å²) in [5, 5.41) is 16.1. The number of oxime groups is 1. The second kappa shape index (κ2) is 22.6. The smallest absolute Gasteiger partial charge is 0.319 e. The molecule has 8 aromatic carbocycles. The topological polar surface area (TPSA) is 122 Å². The standard InChI is InChI=1S/C64H54N5O5PS2/c1-73-68-55(54-42-76-62(65-54)67-64(48-30-14-4-15-31-48,49-32-16-5-17-33-49)50-34-18-6-19-35-50)58(70)66-56-59(71)69-43-63(45-77-60(56)69,61(72)74-57(46-26-10-2-11-27-46)47-28-12-3-13-29-47)44-75(51-36-20-7-21-37-51,52-38-22-8-23-39-52)53-40-24-9-25-41-53/h2-42,56-57,60H,43-45H2,1H3,(H-,65,66,67,70)/p+1/t56?,60-,63?/m1/s1. The summed E-state index contributed by atoms with van der Waals surface area (Å²) in [5.74, 6) is -1.01. The Morgan fingerprint density at radius 1 is 0.662 bits per heavy atom. The van der Waals surface area contributed by atoms with Crippen molar-refractivity contribution in [1.82, 2.24) is 15.2 Å². The number of benzene rings is 8. The number of anilines is 1. The molecular formula is C64H55N5O5PS2+. The number of amides is 2. The number of esters is 1. The number of fused-ring (bicyclic) bond motifs is 1. The maximum absolute atomic E-state index is 15.9. The van der Waals surface area contributed by atoms with Gasteiger partial charge in [-0.15, -0.1) is 23.1 Å². The van der Waals surface area contributed by atoms with Crippen LogP contribution in [0.25, 0.3) is 0 Å². The summed E-state index contributed by atoms with van der Waals surface area (Å²) in [6.07, 6.45) is -0.341. The lowest BCUT2D eigenvalue weighted by Gasteiger charge is -2.54. The minimum atomic E-state index is -2.69. The van der Waals surface area contributed by atoms with Crippen LogP contribution in [0.2, 0.25) is 0 Å². The fraction of sp³-hybridized carbons (Fsp3) is 0.141.